The lowest BCUT2D eigenvalue weighted by molar-refractivity contribution is -0.384. The predicted molar refractivity (Wildman–Crippen MR) is 84.8 cm³/mol. The molecule has 0 aliphatic rings. The zero-order valence-corrected chi connectivity index (χ0v) is 12.0. The van der Waals surface area contributed by atoms with Gasteiger partial charge in [0.1, 0.15) is 5.75 Å². The van der Waals surface area contributed by atoms with E-state index in [0.717, 1.165) is 27.2 Å². The van der Waals surface area contributed by atoms with E-state index in [1.54, 1.807) is 30.6 Å². The van der Waals surface area contributed by atoms with Crippen molar-refractivity contribution >= 4 is 38.5 Å². The molecule has 1 heterocycles. The van der Waals surface area contributed by atoms with Gasteiger partial charge in [0.2, 0.25) is 0 Å². The van der Waals surface area contributed by atoms with Crippen molar-refractivity contribution in [1.29, 1.82) is 0 Å². The Morgan fingerprint density at radius 3 is 2.62 bits per heavy atom. The first-order chi connectivity index (χ1) is 10.2. The molecule has 1 aromatic heterocycles. The summed E-state index contributed by atoms with van der Waals surface area (Å²) in [6.07, 6.45) is 0. The molecule has 3 aromatic rings. The first-order valence-corrected chi connectivity index (χ1v) is 7.12. The predicted octanol–water partition coefficient (Wildman–Crippen LogP) is 4.56. The molecule has 0 aliphatic carbocycles. The topological polar surface area (TPSA) is 64.4 Å². The molecule has 0 radical (unpaired) electrons. The molecule has 1 N–H and O–H groups in total. The number of nitro benzene ring substituents is 1. The average molecular weight is 300 g/mol. The van der Waals surface area contributed by atoms with Crippen LogP contribution in [-0.4, -0.2) is 12.0 Å². The van der Waals surface area contributed by atoms with Crippen LogP contribution in [0.15, 0.2) is 47.8 Å². The normalized spacial score (nSPS) is 10.5. The van der Waals surface area contributed by atoms with Crippen LogP contribution in [0.25, 0.3) is 10.1 Å². The molecule has 0 aliphatic heterocycles. The van der Waals surface area contributed by atoms with Crippen LogP contribution in [0, 0.1) is 10.1 Å². The molecular formula is C15H12N2O3S. The minimum atomic E-state index is -0.408. The third kappa shape index (κ3) is 2.66. The molecule has 0 saturated carbocycles. The quantitative estimate of drug-likeness (QED) is 0.566. The standard InChI is InChI=1S/C15H12N2O3S/c1-20-12-6-7-15-13(8-12)14(9-21-15)16-10-2-4-11(5-3-10)17(18)19/h2-9,16H,1H3. The molecule has 0 fully saturated rings. The Morgan fingerprint density at radius 2 is 1.95 bits per heavy atom. The number of anilines is 2. The van der Waals surface area contributed by atoms with E-state index in [1.807, 2.05) is 23.6 Å². The minimum Gasteiger partial charge on any atom is -0.497 e. The van der Waals surface area contributed by atoms with Gasteiger partial charge in [-0.05, 0) is 30.3 Å². The fourth-order valence-corrected chi connectivity index (χ4v) is 2.93. The summed E-state index contributed by atoms with van der Waals surface area (Å²) in [6, 6.07) is 12.3. The van der Waals surface area contributed by atoms with E-state index in [9.17, 15) is 10.1 Å². The van der Waals surface area contributed by atoms with Crippen LogP contribution in [0.1, 0.15) is 0 Å². The summed E-state index contributed by atoms with van der Waals surface area (Å²) in [6.45, 7) is 0. The Balaban J connectivity index is 1.92. The van der Waals surface area contributed by atoms with E-state index < -0.39 is 4.92 Å². The van der Waals surface area contributed by atoms with Crippen molar-refractivity contribution < 1.29 is 9.66 Å². The van der Waals surface area contributed by atoms with Crippen molar-refractivity contribution in [2.24, 2.45) is 0 Å². The molecule has 2 aromatic carbocycles. The van der Waals surface area contributed by atoms with Gasteiger partial charge in [0, 0.05) is 33.3 Å². The molecule has 106 valence electrons. The first kappa shape index (κ1) is 13.4. The number of hydrogen-bond donors (Lipinski definition) is 1. The van der Waals surface area contributed by atoms with Gasteiger partial charge in [0.15, 0.2) is 0 Å². The second-order valence-electron chi connectivity index (χ2n) is 4.44. The highest BCUT2D eigenvalue weighted by Crippen LogP contribution is 2.34. The molecule has 0 unspecified atom stereocenters. The van der Waals surface area contributed by atoms with Gasteiger partial charge in [0.05, 0.1) is 17.7 Å². The van der Waals surface area contributed by atoms with Crippen LogP contribution in [-0.2, 0) is 0 Å². The van der Waals surface area contributed by atoms with Gasteiger partial charge in [-0.3, -0.25) is 10.1 Å². The van der Waals surface area contributed by atoms with Gasteiger partial charge in [0.25, 0.3) is 5.69 Å². The summed E-state index contributed by atoms with van der Waals surface area (Å²) in [7, 11) is 1.64. The van der Waals surface area contributed by atoms with Crippen molar-refractivity contribution in [3.8, 4) is 5.75 Å². The van der Waals surface area contributed by atoms with Crippen LogP contribution in [0.2, 0.25) is 0 Å². The fraction of sp³-hybridized carbons (Fsp3) is 0.0667. The Morgan fingerprint density at radius 1 is 1.19 bits per heavy atom. The summed E-state index contributed by atoms with van der Waals surface area (Å²) in [5.74, 6) is 0.799. The molecule has 0 atom stereocenters. The zero-order valence-electron chi connectivity index (χ0n) is 11.2. The SMILES string of the molecule is COc1ccc2scc(Nc3ccc([N+](=O)[O-])cc3)c2c1. The van der Waals surface area contributed by atoms with Crippen molar-refractivity contribution in [3.63, 3.8) is 0 Å². The second kappa shape index (κ2) is 5.41. The van der Waals surface area contributed by atoms with Crippen LogP contribution in [0.3, 0.4) is 0 Å². The van der Waals surface area contributed by atoms with E-state index >= 15 is 0 Å². The van der Waals surface area contributed by atoms with E-state index in [4.69, 9.17) is 4.74 Å². The summed E-state index contributed by atoms with van der Waals surface area (Å²) in [5, 5.41) is 17.0. The molecule has 0 spiro atoms. The Labute approximate surface area is 124 Å². The summed E-state index contributed by atoms with van der Waals surface area (Å²) >= 11 is 1.63. The smallest absolute Gasteiger partial charge is 0.269 e. The number of rotatable bonds is 4. The van der Waals surface area contributed by atoms with Gasteiger partial charge in [-0.1, -0.05) is 0 Å². The summed E-state index contributed by atoms with van der Waals surface area (Å²) in [5.41, 5.74) is 1.85. The van der Waals surface area contributed by atoms with E-state index in [2.05, 4.69) is 5.32 Å². The number of ether oxygens (including phenoxy) is 1. The zero-order chi connectivity index (χ0) is 14.8. The lowest BCUT2D eigenvalue weighted by Crippen LogP contribution is -1.91. The monoisotopic (exact) mass is 300 g/mol. The van der Waals surface area contributed by atoms with E-state index in [-0.39, 0.29) is 5.69 Å². The maximum atomic E-state index is 10.6. The number of benzene rings is 2. The first-order valence-electron chi connectivity index (χ1n) is 6.24. The third-order valence-electron chi connectivity index (χ3n) is 3.14. The Hall–Kier alpha value is -2.60. The lowest BCUT2D eigenvalue weighted by atomic mass is 10.2. The number of methoxy groups -OCH3 is 1. The molecule has 3 rings (SSSR count). The molecule has 21 heavy (non-hydrogen) atoms. The van der Waals surface area contributed by atoms with Crippen molar-refractivity contribution in [2.45, 2.75) is 0 Å². The highest BCUT2D eigenvalue weighted by Gasteiger charge is 2.08. The molecule has 0 saturated heterocycles. The molecule has 0 bridgehead atoms. The number of nitrogens with one attached hydrogen (secondary N) is 1. The van der Waals surface area contributed by atoms with Gasteiger partial charge in [-0.25, -0.2) is 0 Å². The number of nitro groups is 1. The average Bonchev–Trinajstić information content (AvgIpc) is 2.90. The number of fused-ring (bicyclic) bond motifs is 1. The summed E-state index contributed by atoms with van der Waals surface area (Å²) in [4.78, 5) is 10.2. The van der Waals surface area contributed by atoms with Crippen molar-refractivity contribution in [3.05, 3.63) is 58.0 Å². The number of nitrogens with zero attached hydrogens (tertiary/aromatic N) is 1. The molecule has 6 heteroatoms. The van der Waals surface area contributed by atoms with Gasteiger partial charge in [-0.15, -0.1) is 11.3 Å². The molecule has 0 amide bonds. The maximum Gasteiger partial charge on any atom is 0.269 e. The summed E-state index contributed by atoms with van der Waals surface area (Å²) < 4.78 is 6.39. The van der Waals surface area contributed by atoms with Crippen molar-refractivity contribution in [1.82, 2.24) is 0 Å². The molecule has 5 nitrogen and oxygen atoms in total. The highest BCUT2D eigenvalue weighted by atomic mass is 32.1. The molecular weight excluding hydrogens is 288 g/mol. The number of non-ortho nitro benzene ring substituents is 1. The van der Waals surface area contributed by atoms with E-state index in [1.165, 1.54) is 12.1 Å². The Bertz CT molecular complexity index is 796. The van der Waals surface area contributed by atoms with Crippen LogP contribution in [0.5, 0.6) is 5.75 Å². The van der Waals surface area contributed by atoms with E-state index in [0.29, 0.717) is 0 Å². The fourth-order valence-electron chi connectivity index (χ4n) is 2.05. The minimum absolute atomic E-state index is 0.0809. The number of hydrogen-bond acceptors (Lipinski definition) is 5. The number of thiophene rings is 1. The highest BCUT2D eigenvalue weighted by molar-refractivity contribution is 7.17. The van der Waals surface area contributed by atoms with Gasteiger partial charge < -0.3 is 10.1 Å². The lowest BCUT2D eigenvalue weighted by Gasteiger charge is -2.06. The van der Waals surface area contributed by atoms with Crippen molar-refractivity contribution in [2.75, 3.05) is 12.4 Å². The Kier molecular flexibility index (Phi) is 3.45. The second-order valence-corrected chi connectivity index (χ2v) is 5.35. The van der Waals surface area contributed by atoms with Gasteiger partial charge >= 0.3 is 0 Å². The third-order valence-corrected chi connectivity index (χ3v) is 4.10. The largest absolute Gasteiger partial charge is 0.497 e. The maximum absolute atomic E-state index is 10.6. The van der Waals surface area contributed by atoms with Crippen LogP contribution >= 0.6 is 11.3 Å². The van der Waals surface area contributed by atoms with Crippen LogP contribution < -0.4 is 10.1 Å². The van der Waals surface area contributed by atoms with Crippen LogP contribution in [0.4, 0.5) is 17.1 Å². The van der Waals surface area contributed by atoms with Gasteiger partial charge in [-0.2, -0.15) is 0 Å².